The SMILES string of the molecule is CCCNC(=O)CN1CCN(C(=O)c2cn(-c3ccccc3)nc2-c2cccs2)CC1. The third kappa shape index (κ3) is 5.03. The predicted octanol–water partition coefficient (Wildman–Crippen LogP) is 2.88. The number of nitrogens with one attached hydrogen (secondary N) is 1. The van der Waals surface area contributed by atoms with Gasteiger partial charge in [-0.2, -0.15) is 5.10 Å². The molecule has 1 aliphatic heterocycles. The number of benzene rings is 1. The molecule has 0 aliphatic carbocycles. The van der Waals surface area contributed by atoms with Crippen LogP contribution in [0.3, 0.4) is 0 Å². The van der Waals surface area contributed by atoms with Crippen molar-refractivity contribution in [3.05, 3.63) is 59.6 Å². The molecule has 2 aromatic heterocycles. The molecule has 7 nitrogen and oxygen atoms in total. The van der Waals surface area contributed by atoms with Crippen molar-refractivity contribution in [3.8, 4) is 16.3 Å². The van der Waals surface area contributed by atoms with Crippen LogP contribution in [0, 0.1) is 0 Å². The molecular weight excluding hydrogens is 410 g/mol. The Morgan fingerprint density at radius 1 is 1.06 bits per heavy atom. The summed E-state index contributed by atoms with van der Waals surface area (Å²) in [5.41, 5.74) is 2.24. The van der Waals surface area contributed by atoms with Gasteiger partial charge in [0, 0.05) is 38.9 Å². The number of carbonyl (C=O) groups is 2. The molecule has 8 heteroatoms. The predicted molar refractivity (Wildman–Crippen MR) is 123 cm³/mol. The molecule has 162 valence electrons. The summed E-state index contributed by atoms with van der Waals surface area (Å²) < 4.78 is 1.77. The van der Waals surface area contributed by atoms with Gasteiger partial charge in [-0.1, -0.05) is 31.2 Å². The zero-order valence-electron chi connectivity index (χ0n) is 17.7. The summed E-state index contributed by atoms with van der Waals surface area (Å²) in [5, 5.41) is 9.64. The van der Waals surface area contributed by atoms with E-state index in [4.69, 9.17) is 5.10 Å². The minimum absolute atomic E-state index is 0.0133. The first kappa shape index (κ1) is 21.3. The second kappa shape index (κ2) is 9.89. The highest BCUT2D eigenvalue weighted by atomic mass is 32.1. The van der Waals surface area contributed by atoms with Crippen molar-refractivity contribution in [2.75, 3.05) is 39.3 Å². The molecule has 3 aromatic rings. The Morgan fingerprint density at radius 2 is 1.84 bits per heavy atom. The van der Waals surface area contributed by atoms with E-state index in [2.05, 4.69) is 10.2 Å². The Hall–Kier alpha value is -2.97. The second-order valence-corrected chi connectivity index (χ2v) is 8.51. The van der Waals surface area contributed by atoms with Gasteiger partial charge in [0.25, 0.3) is 5.91 Å². The van der Waals surface area contributed by atoms with Crippen molar-refractivity contribution >= 4 is 23.2 Å². The van der Waals surface area contributed by atoms with Crippen molar-refractivity contribution in [1.29, 1.82) is 0 Å². The molecule has 0 atom stereocenters. The van der Waals surface area contributed by atoms with E-state index in [1.165, 1.54) is 0 Å². The van der Waals surface area contributed by atoms with Crippen LogP contribution in [0.4, 0.5) is 0 Å². The van der Waals surface area contributed by atoms with Crippen molar-refractivity contribution in [2.45, 2.75) is 13.3 Å². The Morgan fingerprint density at radius 3 is 2.52 bits per heavy atom. The third-order valence-corrected chi connectivity index (χ3v) is 6.20. The molecule has 2 amide bonds. The maximum atomic E-state index is 13.4. The summed E-state index contributed by atoms with van der Waals surface area (Å²) in [4.78, 5) is 30.3. The van der Waals surface area contributed by atoms with E-state index in [9.17, 15) is 9.59 Å². The fourth-order valence-electron chi connectivity index (χ4n) is 3.64. The lowest BCUT2D eigenvalue weighted by Crippen LogP contribution is -2.51. The quantitative estimate of drug-likeness (QED) is 0.617. The number of nitrogens with zero attached hydrogens (tertiary/aromatic N) is 4. The number of carbonyl (C=O) groups excluding carboxylic acids is 2. The van der Waals surface area contributed by atoms with Crippen LogP contribution in [0.1, 0.15) is 23.7 Å². The summed E-state index contributed by atoms with van der Waals surface area (Å²) in [6, 6.07) is 13.8. The van der Waals surface area contributed by atoms with E-state index in [1.54, 1.807) is 16.0 Å². The minimum atomic E-state index is -0.0133. The number of hydrogen-bond donors (Lipinski definition) is 1. The molecule has 1 aliphatic rings. The zero-order valence-corrected chi connectivity index (χ0v) is 18.5. The van der Waals surface area contributed by atoms with Gasteiger partial charge < -0.3 is 10.2 Å². The normalized spacial score (nSPS) is 14.5. The van der Waals surface area contributed by atoms with E-state index in [0.717, 1.165) is 17.0 Å². The topological polar surface area (TPSA) is 70.5 Å². The van der Waals surface area contributed by atoms with Gasteiger partial charge in [-0.05, 0) is 30.0 Å². The molecule has 1 saturated heterocycles. The molecule has 0 spiro atoms. The van der Waals surface area contributed by atoms with Crippen LogP contribution in [0.2, 0.25) is 0 Å². The van der Waals surface area contributed by atoms with Crippen molar-refractivity contribution in [1.82, 2.24) is 24.9 Å². The molecule has 4 rings (SSSR count). The van der Waals surface area contributed by atoms with Gasteiger partial charge in [0.15, 0.2) is 0 Å². The maximum absolute atomic E-state index is 13.4. The lowest BCUT2D eigenvalue weighted by atomic mass is 10.1. The summed E-state index contributed by atoms with van der Waals surface area (Å²) in [6.45, 7) is 5.69. The van der Waals surface area contributed by atoms with E-state index < -0.39 is 0 Å². The summed E-state index contributed by atoms with van der Waals surface area (Å²) in [5.74, 6) is 0.0337. The molecule has 31 heavy (non-hydrogen) atoms. The van der Waals surface area contributed by atoms with Gasteiger partial charge in [0.05, 0.1) is 22.7 Å². The summed E-state index contributed by atoms with van der Waals surface area (Å²) in [6.07, 6.45) is 2.76. The molecule has 0 unspecified atom stereocenters. The summed E-state index contributed by atoms with van der Waals surface area (Å²) in [7, 11) is 0. The Balaban J connectivity index is 1.48. The fraction of sp³-hybridized carbons (Fsp3) is 0.348. The van der Waals surface area contributed by atoms with E-state index in [-0.39, 0.29) is 11.8 Å². The second-order valence-electron chi connectivity index (χ2n) is 7.57. The number of thiophene rings is 1. The zero-order chi connectivity index (χ0) is 21.6. The van der Waals surface area contributed by atoms with E-state index in [0.29, 0.717) is 50.5 Å². The van der Waals surface area contributed by atoms with Crippen molar-refractivity contribution < 1.29 is 9.59 Å². The number of aromatic nitrogens is 2. The van der Waals surface area contributed by atoms with E-state index >= 15 is 0 Å². The molecule has 0 saturated carbocycles. The van der Waals surface area contributed by atoms with Crippen LogP contribution in [-0.2, 0) is 4.79 Å². The lowest BCUT2D eigenvalue weighted by molar-refractivity contribution is -0.122. The van der Waals surface area contributed by atoms with Gasteiger partial charge in [0.1, 0.15) is 5.69 Å². The lowest BCUT2D eigenvalue weighted by Gasteiger charge is -2.34. The van der Waals surface area contributed by atoms with Crippen LogP contribution in [0.25, 0.3) is 16.3 Å². The molecule has 0 bridgehead atoms. The van der Waals surface area contributed by atoms with Crippen LogP contribution < -0.4 is 5.32 Å². The van der Waals surface area contributed by atoms with Gasteiger partial charge >= 0.3 is 0 Å². The van der Waals surface area contributed by atoms with Crippen molar-refractivity contribution in [2.24, 2.45) is 0 Å². The molecule has 1 fully saturated rings. The molecule has 3 heterocycles. The number of para-hydroxylation sites is 1. The largest absolute Gasteiger partial charge is 0.355 e. The molecule has 1 N–H and O–H groups in total. The number of rotatable bonds is 7. The average Bonchev–Trinajstić information content (AvgIpc) is 3.48. The third-order valence-electron chi connectivity index (χ3n) is 5.32. The first-order valence-electron chi connectivity index (χ1n) is 10.6. The monoisotopic (exact) mass is 437 g/mol. The molecule has 1 aromatic carbocycles. The number of piperazine rings is 1. The minimum Gasteiger partial charge on any atom is -0.355 e. The first-order chi connectivity index (χ1) is 15.2. The standard InChI is InChI=1S/C23H27N5O2S/c1-2-10-24-21(29)17-26-11-13-27(14-12-26)23(30)19-16-28(18-7-4-3-5-8-18)25-22(19)20-9-6-15-31-20/h3-9,15-16H,2,10-14,17H2,1H3,(H,24,29). The van der Waals surface area contributed by atoms with Gasteiger partial charge in [-0.25, -0.2) is 4.68 Å². The Bertz CT molecular complexity index is 1010. The van der Waals surface area contributed by atoms with Crippen molar-refractivity contribution in [3.63, 3.8) is 0 Å². The van der Waals surface area contributed by atoms with Crippen LogP contribution >= 0.6 is 11.3 Å². The maximum Gasteiger partial charge on any atom is 0.257 e. The van der Waals surface area contributed by atoms with Crippen LogP contribution in [0.15, 0.2) is 54.0 Å². The fourth-order valence-corrected chi connectivity index (χ4v) is 4.36. The van der Waals surface area contributed by atoms with Crippen LogP contribution in [0.5, 0.6) is 0 Å². The van der Waals surface area contributed by atoms with Gasteiger partial charge in [0.2, 0.25) is 5.91 Å². The Labute approximate surface area is 186 Å². The highest BCUT2D eigenvalue weighted by Crippen LogP contribution is 2.29. The smallest absolute Gasteiger partial charge is 0.257 e. The highest BCUT2D eigenvalue weighted by molar-refractivity contribution is 7.13. The van der Waals surface area contributed by atoms with E-state index in [1.807, 2.05) is 65.9 Å². The number of hydrogen-bond acceptors (Lipinski definition) is 5. The highest BCUT2D eigenvalue weighted by Gasteiger charge is 2.27. The van der Waals surface area contributed by atoms with Gasteiger partial charge in [-0.15, -0.1) is 11.3 Å². The van der Waals surface area contributed by atoms with Gasteiger partial charge in [-0.3, -0.25) is 14.5 Å². The van der Waals surface area contributed by atoms with Crippen LogP contribution in [-0.4, -0.2) is 70.7 Å². The Kier molecular flexibility index (Phi) is 6.79. The molecule has 0 radical (unpaired) electrons. The molecular formula is C23H27N5O2S. The first-order valence-corrected chi connectivity index (χ1v) is 11.5. The summed E-state index contributed by atoms with van der Waals surface area (Å²) >= 11 is 1.58. The number of amides is 2. The average molecular weight is 438 g/mol.